The van der Waals surface area contributed by atoms with Gasteiger partial charge in [-0.1, -0.05) is 91.2 Å². The van der Waals surface area contributed by atoms with E-state index in [0.717, 1.165) is 0 Å². The number of rotatable bonds is 3. The van der Waals surface area contributed by atoms with Gasteiger partial charge in [-0.3, -0.25) is 0 Å². The summed E-state index contributed by atoms with van der Waals surface area (Å²) in [5, 5.41) is 5.06. The fourth-order valence-corrected chi connectivity index (χ4v) is 3.66. The van der Waals surface area contributed by atoms with Crippen molar-refractivity contribution in [3.8, 4) is 0 Å². The summed E-state index contributed by atoms with van der Waals surface area (Å²) in [6, 6.07) is 23.5. The van der Waals surface area contributed by atoms with Crippen molar-refractivity contribution >= 4 is 33.5 Å². The molecule has 3 rings (SSSR count). The molecule has 0 aliphatic rings. The van der Waals surface area contributed by atoms with Crippen molar-refractivity contribution in [2.75, 3.05) is 0 Å². The minimum atomic E-state index is 1.21. The van der Waals surface area contributed by atoms with Crippen LogP contribution in [-0.2, 0) is 0 Å². The molecule has 108 valence electrons. The number of hydrogen-bond donors (Lipinski definition) is 0. The minimum absolute atomic E-state index is 1.21. The van der Waals surface area contributed by atoms with Crippen LogP contribution in [0.4, 0.5) is 0 Å². The number of hydrogen-bond acceptors (Lipinski definition) is 1. The van der Waals surface area contributed by atoms with Gasteiger partial charge in [0.05, 0.1) is 0 Å². The van der Waals surface area contributed by atoms with E-state index in [4.69, 9.17) is 0 Å². The van der Waals surface area contributed by atoms with Crippen molar-refractivity contribution < 1.29 is 0 Å². The Morgan fingerprint density at radius 2 is 1.64 bits per heavy atom. The highest BCUT2D eigenvalue weighted by Crippen LogP contribution is 2.32. The molecule has 0 spiro atoms. The maximum atomic E-state index is 3.81. The molecular weight excluding hydrogens is 284 g/mol. The smallest absolute Gasteiger partial charge is 0.0197 e. The van der Waals surface area contributed by atoms with Crippen LogP contribution < -0.4 is 10.4 Å². The van der Waals surface area contributed by atoms with Crippen LogP contribution in [0.1, 0.15) is 6.92 Å². The van der Waals surface area contributed by atoms with Crippen molar-refractivity contribution in [3.05, 3.63) is 89.8 Å². The number of allylic oxidation sites excluding steroid dienone is 1. The average molecular weight is 302 g/mol. The molecule has 0 bridgehead atoms. The monoisotopic (exact) mass is 302 g/mol. The Hall–Kier alpha value is -2.25. The highest BCUT2D eigenvalue weighted by molar-refractivity contribution is 8.08. The molecule has 0 atom stereocenters. The maximum Gasteiger partial charge on any atom is 0.0197 e. The quantitative estimate of drug-likeness (QED) is 0.630. The van der Waals surface area contributed by atoms with Crippen LogP contribution in [0.5, 0.6) is 0 Å². The summed E-state index contributed by atoms with van der Waals surface area (Å²) >= 11 is 1.83. The lowest BCUT2D eigenvalue weighted by atomic mass is 10.1. The summed E-state index contributed by atoms with van der Waals surface area (Å²) < 4.78 is 0. The first-order valence-electron chi connectivity index (χ1n) is 7.34. The molecule has 3 aromatic carbocycles. The minimum Gasteiger partial charge on any atom is -0.0990 e. The van der Waals surface area contributed by atoms with Crippen LogP contribution in [-0.4, -0.2) is 0 Å². The van der Waals surface area contributed by atoms with Gasteiger partial charge in [0, 0.05) is 4.90 Å². The summed E-state index contributed by atoms with van der Waals surface area (Å²) in [7, 11) is 0. The lowest BCUT2D eigenvalue weighted by Gasteiger charge is -2.07. The molecule has 0 amide bonds. The van der Waals surface area contributed by atoms with Crippen LogP contribution in [0.25, 0.3) is 21.8 Å². The van der Waals surface area contributed by atoms with Gasteiger partial charge in [-0.05, 0) is 39.1 Å². The largest absolute Gasteiger partial charge is 0.0990 e. The molecule has 0 unspecified atom stereocenters. The molecule has 0 radical (unpaired) electrons. The molecule has 0 nitrogen and oxygen atoms in total. The summed E-state index contributed by atoms with van der Waals surface area (Å²) in [5.41, 5.74) is 0. The first-order valence-corrected chi connectivity index (χ1v) is 8.15. The van der Waals surface area contributed by atoms with Crippen LogP contribution in [0.15, 0.2) is 84.3 Å². The predicted octanol–water partition coefficient (Wildman–Crippen LogP) is 4.73. The molecule has 22 heavy (non-hydrogen) atoms. The third kappa shape index (κ3) is 3.00. The Balaban J connectivity index is 2.15. The topological polar surface area (TPSA) is 0 Å². The molecule has 1 heteroatoms. The second kappa shape index (κ2) is 6.67. The fraction of sp³-hybridized carbons (Fsp3) is 0.0476. The molecular formula is C21H18S. The number of fused-ring (bicyclic) bond motifs is 1. The Kier molecular flexibility index (Phi) is 4.45. The highest BCUT2D eigenvalue weighted by Gasteiger charge is 2.02. The highest BCUT2D eigenvalue weighted by atomic mass is 32.2. The number of thioether (sulfide) groups is 1. The van der Waals surface area contributed by atoms with Gasteiger partial charge < -0.3 is 0 Å². The zero-order chi connectivity index (χ0) is 15.4. The third-order valence-corrected chi connectivity index (χ3v) is 4.75. The van der Waals surface area contributed by atoms with Crippen molar-refractivity contribution in [1.29, 1.82) is 0 Å². The number of benzene rings is 3. The van der Waals surface area contributed by atoms with Gasteiger partial charge in [-0.2, -0.15) is 0 Å². The molecule has 0 aliphatic heterocycles. The first-order chi connectivity index (χ1) is 10.8. The summed E-state index contributed by atoms with van der Waals surface area (Å²) in [5.74, 6) is 0. The first kappa shape index (κ1) is 14.7. The Bertz CT molecular complexity index is 930. The molecule has 0 aliphatic carbocycles. The molecule has 0 saturated carbocycles. The Morgan fingerprint density at radius 3 is 2.50 bits per heavy atom. The van der Waals surface area contributed by atoms with E-state index in [1.165, 1.54) is 31.0 Å². The standard InChI is InChI=1S/C21H18S/c1-3-9-17-10-4-6-13-19(17)16(2)22-21-15-8-12-18-11-5-7-14-20(18)21/h3-15H,1H2,2H3/b17-9-,19-16+. The summed E-state index contributed by atoms with van der Waals surface area (Å²) in [6.07, 6.45) is 3.90. The van der Waals surface area contributed by atoms with Gasteiger partial charge in [0.1, 0.15) is 0 Å². The molecule has 0 saturated heterocycles. The van der Waals surface area contributed by atoms with E-state index in [0.29, 0.717) is 0 Å². The van der Waals surface area contributed by atoms with Crippen LogP contribution in [0.2, 0.25) is 0 Å². The van der Waals surface area contributed by atoms with Crippen molar-refractivity contribution in [2.45, 2.75) is 11.8 Å². The van der Waals surface area contributed by atoms with Crippen molar-refractivity contribution in [2.24, 2.45) is 0 Å². The fourth-order valence-electron chi connectivity index (χ4n) is 2.59. The van der Waals surface area contributed by atoms with Gasteiger partial charge in [-0.15, -0.1) is 0 Å². The van der Waals surface area contributed by atoms with Gasteiger partial charge in [0.15, 0.2) is 0 Å². The molecule has 3 aromatic rings. The third-order valence-electron chi connectivity index (χ3n) is 3.65. The van der Waals surface area contributed by atoms with E-state index < -0.39 is 0 Å². The average Bonchev–Trinajstić information content (AvgIpc) is 2.56. The maximum absolute atomic E-state index is 3.81. The second-order valence-electron chi connectivity index (χ2n) is 5.13. The lowest BCUT2D eigenvalue weighted by molar-refractivity contribution is 1.49. The van der Waals surface area contributed by atoms with Gasteiger partial charge in [-0.25, -0.2) is 0 Å². The zero-order valence-electron chi connectivity index (χ0n) is 12.6. The van der Waals surface area contributed by atoms with E-state index in [1.807, 2.05) is 17.8 Å². The van der Waals surface area contributed by atoms with Crippen molar-refractivity contribution in [1.82, 2.24) is 0 Å². The lowest BCUT2D eigenvalue weighted by Crippen LogP contribution is -2.24. The Morgan fingerprint density at radius 1 is 0.909 bits per heavy atom. The van der Waals surface area contributed by atoms with E-state index >= 15 is 0 Å². The molecule has 0 aromatic heterocycles. The molecule has 0 heterocycles. The van der Waals surface area contributed by atoms with Gasteiger partial charge >= 0.3 is 0 Å². The van der Waals surface area contributed by atoms with E-state index in [9.17, 15) is 0 Å². The van der Waals surface area contributed by atoms with E-state index in [-0.39, 0.29) is 0 Å². The van der Waals surface area contributed by atoms with E-state index in [1.54, 1.807) is 0 Å². The van der Waals surface area contributed by atoms with E-state index in [2.05, 4.69) is 86.3 Å². The summed E-state index contributed by atoms with van der Waals surface area (Å²) in [6.45, 7) is 5.99. The van der Waals surface area contributed by atoms with Crippen LogP contribution >= 0.6 is 11.8 Å². The van der Waals surface area contributed by atoms with Gasteiger partial charge in [0.2, 0.25) is 0 Å². The van der Waals surface area contributed by atoms with Gasteiger partial charge in [0.25, 0.3) is 0 Å². The Labute approximate surface area is 135 Å². The molecule has 0 fully saturated rings. The predicted molar refractivity (Wildman–Crippen MR) is 99.2 cm³/mol. The summed E-state index contributed by atoms with van der Waals surface area (Å²) in [4.78, 5) is 2.59. The normalized spacial score (nSPS) is 13.2. The van der Waals surface area contributed by atoms with Crippen LogP contribution in [0.3, 0.4) is 0 Å². The van der Waals surface area contributed by atoms with Crippen molar-refractivity contribution in [3.63, 3.8) is 0 Å². The van der Waals surface area contributed by atoms with Crippen LogP contribution in [0, 0.1) is 0 Å². The zero-order valence-corrected chi connectivity index (χ0v) is 13.4. The molecule has 0 N–H and O–H groups in total. The second-order valence-corrected chi connectivity index (χ2v) is 6.38. The SMILES string of the molecule is C=C/C=c1/cccc/c1=C(/C)Sc1cccc2ccccc12.